The average Bonchev–Trinajstić information content (AvgIpc) is 3.04. The quantitative estimate of drug-likeness (QED) is 0.0984. The van der Waals surface area contributed by atoms with Crippen molar-refractivity contribution in [1.82, 2.24) is 0 Å². The molecule has 4 rings (SSSR count). The molecule has 0 aliphatic heterocycles. The Morgan fingerprint density at radius 1 is 0.605 bits per heavy atom. The largest absolute Gasteiger partial charge is 0.494 e. The van der Waals surface area contributed by atoms with Crippen LogP contribution in [0, 0.1) is 23.7 Å². The normalized spacial score (nSPS) is 22.2. The Kier molecular flexibility index (Phi) is 14.8. The van der Waals surface area contributed by atoms with Gasteiger partial charge in [-0.25, -0.2) is 4.79 Å². The summed E-state index contributed by atoms with van der Waals surface area (Å²) in [5.74, 6) is 5.18. The molecule has 4 heteroatoms. The molecule has 2 aliphatic carbocycles. The first-order chi connectivity index (χ1) is 21.1. The van der Waals surface area contributed by atoms with Crippen LogP contribution in [0.3, 0.4) is 0 Å². The lowest BCUT2D eigenvalue weighted by Gasteiger charge is -2.31. The van der Waals surface area contributed by atoms with Crippen molar-refractivity contribution < 1.29 is 19.0 Å². The Bertz CT molecular complexity index is 1020. The molecule has 0 N–H and O–H groups in total. The molecule has 2 atom stereocenters. The van der Waals surface area contributed by atoms with E-state index < -0.39 is 0 Å². The highest BCUT2D eigenvalue weighted by Gasteiger charge is 2.24. The van der Waals surface area contributed by atoms with E-state index in [0.717, 1.165) is 48.9 Å². The van der Waals surface area contributed by atoms with Crippen molar-refractivity contribution in [1.29, 1.82) is 0 Å². The predicted octanol–water partition coefficient (Wildman–Crippen LogP) is 11.2. The standard InChI is InChI=1S/C39H58O4/c1-3-5-7-12-31-17-19-32(20-18-31)30-42-37-23-21-35(22-24-37)39(40)43-38-27-25-36(26-28-38)41-29-11-16-34-15-10-9-14-33(34)13-8-6-4-2/h21-28,31-34H,3-20,29-30H2,1-2H3. The fourth-order valence-corrected chi connectivity index (χ4v) is 7.28. The number of ether oxygens (including phenoxy) is 3. The molecule has 2 saturated carbocycles. The summed E-state index contributed by atoms with van der Waals surface area (Å²) in [7, 11) is 0. The van der Waals surface area contributed by atoms with E-state index in [-0.39, 0.29) is 5.97 Å². The van der Waals surface area contributed by atoms with Crippen molar-refractivity contribution in [3.8, 4) is 17.2 Å². The predicted molar refractivity (Wildman–Crippen MR) is 177 cm³/mol. The Labute approximate surface area is 262 Å². The third-order valence-corrected chi connectivity index (χ3v) is 10.0. The van der Waals surface area contributed by atoms with Gasteiger partial charge in [0, 0.05) is 0 Å². The minimum Gasteiger partial charge on any atom is -0.494 e. The maximum absolute atomic E-state index is 12.7. The topological polar surface area (TPSA) is 44.8 Å². The molecule has 0 radical (unpaired) electrons. The van der Waals surface area contributed by atoms with Crippen LogP contribution < -0.4 is 14.2 Å². The zero-order valence-corrected chi connectivity index (χ0v) is 27.2. The molecule has 2 aliphatic rings. The zero-order chi connectivity index (χ0) is 30.1. The SMILES string of the molecule is CCCCCC1CCC(COc2ccc(C(=O)Oc3ccc(OCCCC4CCCCC4CCCCC)cc3)cc2)CC1. The van der Waals surface area contributed by atoms with Gasteiger partial charge in [0.25, 0.3) is 0 Å². The maximum atomic E-state index is 12.7. The second kappa shape index (κ2) is 19.0. The average molecular weight is 591 g/mol. The molecule has 0 heterocycles. The highest BCUT2D eigenvalue weighted by molar-refractivity contribution is 5.91. The molecule has 2 unspecified atom stereocenters. The van der Waals surface area contributed by atoms with Crippen molar-refractivity contribution in [2.24, 2.45) is 23.7 Å². The van der Waals surface area contributed by atoms with E-state index in [9.17, 15) is 4.79 Å². The summed E-state index contributed by atoms with van der Waals surface area (Å²) in [5, 5.41) is 0. The summed E-state index contributed by atoms with van der Waals surface area (Å²) in [6.07, 6.45) is 24.2. The van der Waals surface area contributed by atoms with Gasteiger partial charge in [-0.1, -0.05) is 104 Å². The van der Waals surface area contributed by atoms with Gasteiger partial charge in [0.1, 0.15) is 17.2 Å². The summed E-state index contributed by atoms with van der Waals surface area (Å²) in [6, 6.07) is 14.8. The number of carbonyl (C=O) groups is 1. The number of unbranched alkanes of at least 4 members (excludes halogenated alkanes) is 4. The van der Waals surface area contributed by atoms with Crippen LogP contribution in [0.1, 0.15) is 140 Å². The van der Waals surface area contributed by atoms with Crippen molar-refractivity contribution in [3.63, 3.8) is 0 Å². The van der Waals surface area contributed by atoms with Crippen LogP contribution >= 0.6 is 0 Å². The van der Waals surface area contributed by atoms with Crippen LogP contribution in [-0.4, -0.2) is 19.2 Å². The molecule has 2 aromatic carbocycles. The van der Waals surface area contributed by atoms with E-state index >= 15 is 0 Å². The summed E-state index contributed by atoms with van der Waals surface area (Å²) in [6.45, 7) is 6.08. The van der Waals surface area contributed by atoms with Crippen LogP contribution in [0.5, 0.6) is 17.2 Å². The van der Waals surface area contributed by atoms with E-state index in [1.807, 2.05) is 36.4 Å². The minimum atomic E-state index is -0.359. The third kappa shape index (κ3) is 11.8. The maximum Gasteiger partial charge on any atom is 0.343 e. The number of esters is 1. The molecule has 4 nitrogen and oxygen atoms in total. The second-order valence-electron chi connectivity index (χ2n) is 13.4. The highest BCUT2D eigenvalue weighted by Crippen LogP contribution is 2.36. The summed E-state index contributed by atoms with van der Waals surface area (Å²) < 4.78 is 17.7. The van der Waals surface area contributed by atoms with E-state index in [1.54, 1.807) is 12.1 Å². The van der Waals surface area contributed by atoms with Crippen LogP contribution in [0.15, 0.2) is 48.5 Å². The molecule has 0 saturated heterocycles. The number of hydrogen-bond acceptors (Lipinski definition) is 4. The van der Waals surface area contributed by atoms with E-state index in [2.05, 4.69) is 13.8 Å². The Hall–Kier alpha value is -2.49. The van der Waals surface area contributed by atoms with Gasteiger partial charge in [0.05, 0.1) is 18.8 Å². The smallest absolute Gasteiger partial charge is 0.343 e. The third-order valence-electron chi connectivity index (χ3n) is 10.0. The first kappa shape index (κ1) is 33.4. The van der Waals surface area contributed by atoms with Gasteiger partial charge in [0.2, 0.25) is 0 Å². The zero-order valence-electron chi connectivity index (χ0n) is 27.2. The van der Waals surface area contributed by atoms with E-state index in [4.69, 9.17) is 14.2 Å². The molecule has 238 valence electrons. The first-order valence-corrected chi connectivity index (χ1v) is 17.8. The molecule has 0 bridgehead atoms. The van der Waals surface area contributed by atoms with Crippen molar-refractivity contribution in [2.75, 3.05) is 13.2 Å². The molecule has 0 amide bonds. The fourth-order valence-electron chi connectivity index (χ4n) is 7.28. The summed E-state index contributed by atoms with van der Waals surface area (Å²) >= 11 is 0. The lowest BCUT2D eigenvalue weighted by atomic mass is 9.74. The van der Waals surface area contributed by atoms with Gasteiger partial charge in [-0.15, -0.1) is 0 Å². The summed E-state index contributed by atoms with van der Waals surface area (Å²) in [4.78, 5) is 12.7. The Morgan fingerprint density at radius 3 is 1.79 bits per heavy atom. The lowest BCUT2D eigenvalue weighted by Crippen LogP contribution is -2.20. The highest BCUT2D eigenvalue weighted by atomic mass is 16.5. The van der Waals surface area contributed by atoms with Gasteiger partial charge in [-0.2, -0.15) is 0 Å². The van der Waals surface area contributed by atoms with E-state index in [0.29, 0.717) is 17.2 Å². The Morgan fingerprint density at radius 2 is 1.14 bits per heavy atom. The molecule has 43 heavy (non-hydrogen) atoms. The van der Waals surface area contributed by atoms with Gasteiger partial charge in [0.15, 0.2) is 0 Å². The van der Waals surface area contributed by atoms with Gasteiger partial charge >= 0.3 is 5.97 Å². The fraction of sp³-hybridized carbons (Fsp3) is 0.667. The van der Waals surface area contributed by atoms with Crippen LogP contribution in [-0.2, 0) is 0 Å². The van der Waals surface area contributed by atoms with Gasteiger partial charge in [-0.3, -0.25) is 0 Å². The molecule has 2 fully saturated rings. The Balaban J connectivity index is 1.12. The van der Waals surface area contributed by atoms with Crippen LogP contribution in [0.2, 0.25) is 0 Å². The van der Waals surface area contributed by atoms with Gasteiger partial charge < -0.3 is 14.2 Å². The number of hydrogen-bond donors (Lipinski definition) is 0. The summed E-state index contributed by atoms with van der Waals surface area (Å²) in [5.41, 5.74) is 0.524. The van der Waals surface area contributed by atoms with Crippen molar-refractivity contribution >= 4 is 5.97 Å². The minimum absolute atomic E-state index is 0.359. The monoisotopic (exact) mass is 590 g/mol. The molecular weight excluding hydrogens is 532 g/mol. The number of benzene rings is 2. The molecule has 0 aromatic heterocycles. The number of rotatable bonds is 18. The van der Waals surface area contributed by atoms with Crippen LogP contribution in [0.4, 0.5) is 0 Å². The molecule has 0 spiro atoms. The second-order valence-corrected chi connectivity index (χ2v) is 13.4. The van der Waals surface area contributed by atoms with E-state index in [1.165, 1.54) is 109 Å². The van der Waals surface area contributed by atoms with Crippen molar-refractivity contribution in [2.45, 2.75) is 129 Å². The molecule has 2 aromatic rings. The molecular formula is C39H58O4. The van der Waals surface area contributed by atoms with Crippen LogP contribution in [0.25, 0.3) is 0 Å². The first-order valence-electron chi connectivity index (χ1n) is 17.8. The van der Waals surface area contributed by atoms with Gasteiger partial charge in [-0.05, 0) is 97.9 Å². The lowest BCUT2D eigenvalue weighted by molar-refractivity contribution is 0.0734. The van der Waals surface area contributed by atoms with Crippen molar-refractivity contribution in [3.05, 3.63) is 54.1 Å². The number of carbonyl (C=O) groups excluding carboxylic acids is 1.